The summed E-state index contributed by atoms with van der Waals surface area (Å²) in [5, 5.41) is 4.91. The molecule has 1 atom stereocenters. The second kappa shape index (κ2) is 8.89. The van der Waals surface area contributed by atoms with E-state index in [0.717, 1.165) is 55.2 Å². The number of nitrogens with one attached hydrogen (secondary N) is 1. The summed E-state index contributed by atoms with van der Waals surface area (Å²) in [6, 6.07) is 8.66. The van der Waals surface area contributed by atoms with Crippen molar-refractivity contribution in [3.63, 3.8) is 0 Å². The Morgan fingerprint density at radius 2 is 1.87 bits per heavy atom. The Kier molecular flexibility index (Phi) is 6.22. The van der Waals surface area contributed by atoms with Crippen LogP contribution in [-0.4, -0.2) is 27.5 Å². The molecule has 5 nitrogen and oxygen atoms in total. The van der Waals surface area contributed by atoms with Gasteiger partial charge in [0.1, 0.15) is 15.4 Å². The molecule has 0 unspecified atom stereocenters. The predicted molar refractivity (Wildman–Crippen MR) is 120 cm³/mol. The SMILES string of the molecule is CCc1nc(NC[C@@H](N)Cc2ccc(C(F)(F)F)cc2)sc1-c1nc2cccnc2s1. The van der Waals surface area contributed by atoms with E-state index in [9.17, 15) is 13.2 Å². The van der Waals surface area contributed by atoms with Crippen molar-refractivity contribution in [3.8, 4) is 9.88 Å². The van der Waals surface area contributed by atoms with Gasteiger partial charge in [0.2, 0.25) is 0 Å². The van der Waals surface area contributed by atoms with E-state index in [2.05, 4.69) is 20.3 Å². The molecule has 0 spiro atoms. The number of pyridine rings is 1. The zero-order valence-electron chi connectivity index (χ0n) is 16.6. The van der Waals surface area contributed by atoms with Crippen molar-refractivity contribution in [2.24, 2.45) is 5.73 Å². The van der Waals surface area contributed by atoms with Crippen molar-refractivity contribution >= 4 is 38.2 Å². The number of hydrogen-bond donors (Lipinski definition) is 2. The van der Waals surface area contributed by atoms with Crippen LogP contribution in [0.5, 0.6) is 0 Å². The monoisotopic (exact) mass is 463 g/mol. The molecular formula is C21H20F3N5S2. The van der Waals surface area contributed by atoms with Crippen molar-refractivity contribution in [1.82, 2.24) is 15.0 Å². The maximum Gasteiger partial charge on any atom is 0.416 e. The van der Waals surface area contributed by atoms with Gasteiger partial charge in [0.15, 0.2) is 5.13 Å². The third-order valence-corrected chi connectivity index (χ3v) is 6.88. The van der Waals surface area contributed by atoms with Crippen LogP contribution in [0.3, 0.4) is 0 Å². The van der Waals surface area contributed by atoms with E-state index in [1.165, 1.54) is 34.8 Å². The quantitative estimate of drug-likeness (QED) is 0.385. The van der Waals surface area contributed by atoms with Crippen molar-refractivity contribution in [3.05, 3.63) is 59.4 Å². The van der Waals surface area contributed by atoms with Crippen LogP contribution in [0.1, 0.15) is 23.7 Å². The lowest BCUT2D eigenvalue weighted by Gasteiger charge is -2.13. The highest BCUT2D eigenvalue weighted by Gasteiger charge is 2.30. The fraction of sp³-hybridized carbons (Fsp3) is 0.286. The van der Waals surface area contributed by atoms with Gasteiger partial charge in [0, 0.05) is 18.8 Å². The molecule has 0 saturated carbocycles. The summed E-state index contributed by atoms with van der Waals surface area (Å²) in [5.41, 5.74) is 8.12. The van der Waals surface area contributed by atoms with Gasteiger partial charge in [0.05, 0.1) is 16.1 Å². The van der Waals surface area contributed by atoms with E-state index < -0.39 is 11.7 Å². The molecule has 4 rings (SSSR count). The van der Waals surface area contributed by atoms with E-state index in [1.807, 2.05) is 19.1 Å². The number of alkyl halides is 3. The number of nitrogens with zero attached hydrogens (tertiary/aromatic N) is 3. The van der Waals surface area contributed by atoms with Gasteiger partial charge < -0.3 is 11.1 Å². The maximum absolute atomic E-state index is 12.7. The number of hydrogen-bond acceptors (Lipinski definition) is 7. The molecule has 162 valence electrons. The minimum Gasteiger partial charge on any atom is -0.360 e. The van der Waals surface area contributed by atoms with Crippen molar-refractivity contribution in [2.75, 3.05) is 11.9 Å². The molecule has 31 heavy (non-hydrogen) atoms. The molecule has 0 radical (unpaired) electrons. The first-order valence-corrected chi connectivity index (χ1v) is 11.3. The molecule has 0 fully saturated rings. The average molecular weight is 464 g/mol. The number of halogens is 3. The largest absolute Gasteiger partial charge is 0.416 e. The van der Waals surface area contributed by atoms with Crippen LogP contribution in [-0.2, 0) is 19.0 Å². The Morgan fingerprint density at radius 1 is 1.10 bits per heavy atom. The molecule has 0 bridgehead atoms. The van der Waals surface area contributed by atoms with Gasteiger partial charge in [-0.25, -0.2) is 15.0 Å². The lowest BCUT2D eigenvalue weighted by atomic mass is 10.0. The molecule has 10 heteroatoms. The van der Waals surface area contributed by atoms with Crippen LogP contribution >= 0.6 is 22.7 Å². The number of aryl methyl sites for hydroxylation is 1. The highest BCUT2D eigenvalue weighted by Crippen LogP contribution is 2.37. The first kappa shape index (κ1) is 21.7. The topological polar surface area (TPSA) is 76.7 Å². The molecule has 0 aliphatic heterocycles. The molecule has 0 aliphatic rings. The second-order valence-electron chi connectivity index (χ2n) is 7.03. The summed E-state index contributed by atoms with van der Waals surface area (Å²) < 4.78 is 38.1. The van der Waals surface area contributed by atoms with Crippen molar-refractivity contribution in [2.45, 2.75) is 32.0 Å². The van der Waals surface area contributed by atoms with Crippen LogP contribution in [0.4, 0.5) is 18.3 Å². The maximum atomic E-state index is 12.7. The number of rotatable bonds is 7. The fourth-order valence-corrected chi connectivity index (χ4v) is 5.19. The Bertz CT molecular complexity index is 1130. The summed E-state index contributed by atoms with van der Waals surface area (Å²) in [4.78, 5) is 15.6. The van der Waals surface area contributed by atoms with Gasteiger partial charge in [-0.2, -0.15) is 13.2 Å². The Hall–Kier alpha value is -2.56. The van der Waals surface area contributed by atoms with Crippen molar-refractivity contribution < 1.29 is 13.2 Å². The third kappa shape index (κ3) is 5.03. The molecule has 4 aromatic rings. The fourth-order valence-electron chi connectivity index (χ4n) is 3.12. The molecule has 3 heterocycles. The van der Waals surface area contributed by atoms with Gasteiger partial charge >= 0.3 is 6.18 Å². The van der Waals surface area contributed by atoms with E-state index in [0.29, 0.717) is 13.0 Å². The summed E-state index contributed by atoms with van der Waals surface area (Å²) in [5.74, 6) is 0. The second-order valence-corrected chi connectivity index (χ2v) is 9.01. The van der Waals surface area contributed by atoms with Crippen LogP contribution < -0.4 is 11.1 Å². The highest BCUT2D eigenvalue weighted by molar-refractivity contribution is 7.26. The third-order valence-electron chi connectivity index (χ3n) is 4.69. The van der Waals surface area contributed by atoms with Crippen molar-refractivity contribution in [1.29, 1.82) is 0 Å². The van der Waals surface area contributed by atoms with E-state index in [-0.39, 0.29) is 6.04 Å². The number of thiazole rings is 2. The summed E-state index contributed by atoms with van der Waals surface area (Å²) in [6.07, 6.45) is -1.34. The lowest BCUT2D eigenvalue weighted by molar-refractivity contribution is -0.137. The number of fused-ring (bicyclic) bond motifs is 1. The summed E-state index contributed by atoms with van der Waals surface area (Å²) in [7, 11) is 0. The minimum absolute atomic E-state index is 0.263. The molecule has 0 saturated heterocycles. The van der Waals surface area contributed by atoms with Crippen LogP contribution in [0.15, 0.2) is 42.6 Å². The van der Waals surface area contributed by atoms with Crippen LogP contribution in [0.25, 0.3) is 20.2 Å². The Morgan fingerprint density at radius 3 is 2.55 bits per heavy atom. The number of anilines is 1. The lowest BCUT2D eigenvalue weighted by Crippen LogP contribution is -2.31. The molecule has 0 aliphatic carbocycles. The first-order valence-electron chi connectivity index (χ1n) is 9.70. The van der Waals surface area contributed by atoms with Gasteiger partial charge in [-0.05, 0) is 42.7 Å². The zero-order chi connectivity index (χ0) is 22.0. The molecule has 0 amide bonds. The summed E-state index contributed by atoms with van der Waals surface area (Å²) in [6.45, 7) is 2.50. The normalized spacial score (nSPS) is 12.9. The summed E-state index contributed by atoms with van der Waals surface area (Å²) >= 11 is 3.06. The number of benzene rings is 1. The molecule has 3 N–H and O–H groups in total. The molecule has 1 aromatic carbocycles. The molecule has 3 aromatic heterocycles. The average Bonchev–Trinajstić information content (AvgIpc) is 3.35. The van der Waals surface area contributed by atoms with Gasteiger partial charge in [-0.15, -0.1) is 0 Å². The van der Waals surface area contributed by atoms with Gasteiger partial charge in [-0.1, -0.05) is 41.7 Å². The van der Waals surface area contributed by atoms with E-state index >= 15 is 0 Å². The van der Waals surface area contributed by atoms with Crippen LogP contribution in [0, 0.1) is 0 Å². The first-order chi connectivity index (χ1) is 14.8. The minimum atomic E-state index is -4.33. The highest BCUT2D eigenvalue weighted by atomic mass is 32.1. The van der Waals surface area contributed by atoms with Gasteiger partial charge in [0.25, 0.3) is 0 Å². The standard InChI is InChI=1S/C21H20F3N5S2/c1-2-15-17(19-28-16-4-3-9-26-18(16)31-19)30-20(29-15)27-11-14(25)10-12-5-7-13(8-6-12)21(22,23)24/h3-9,14H,2,10-11,25H2,1H3,(H,27,29)/t14-/m0/s1. The van der Waals surface area contributed by atoms with E-state index in [4.69, 9.17) is 5.73 Å². The van der Waals surface area contributed by atoms with Crippen LogP contribution in [0.2, 0.25) is 0 Å². The molecular weight excluding hydrogens is 443 g/mol. The van der Waals surface area contributed by atoms with E-state index in [1.54, 1.807) is 6.20 Å². The Labute approximate surface area is 185 Å². The number of nitrogens with two attached hydrogens (primary N) is 1. The Balaban J connectivity index is 1.41. The number of aromatic nitrogens is 3. The zero-order valence-corrected chi connectivity index (χ0v) is 18.2. The predicted octanol–water partition coefficient (Wildman–Crippen LogP) is 5.38. The smallest absolute Gasteiger partial charge is 0.360 e. The van der Waals surface area contributed by atoms with Gasteiger partial charge in [-0.3, -0.25) is 0 Å².